The van der Waals surface area contributed by atoms with Crippen LogP contribution in [0, 0.1) is 5.82 Å². The lowest BCUT2D eigenvalue weighted by Crippen LogP contribution is -2.39. The number of benzene rings is 2. The molecule has 0 fully saturated rings. The topological polar surface area (TPSA) is 89.9 Å². The second kappa shape index (κ2) is 11.5. The average Bonchev–Trinajstić information content (AvgIpc) is 2.87. The molecule has 0 bridgehead atoms. The Morgan fingerprint density at radius 1 is 1.08 bits per heavy atom. The van der Waals surface area contributed by atoms with Crippen molar-refractivity contribution in [2.24, 2.45) is 0 Å². The van der Waals surface area contributed by atoms with Crippen LogP contribution in [0.4, 0.5) is 13.2 Å². The minimum absolute atomic E-state index is 0.0669. The SMILES string of the molecule is COc1cc(C(=O)NCC(C)(O)c2ccc(OC)c(-c3ccc(F)c(Cl)c3)n2)ccc1OCC(F)F. The maximum Gasteiger partial charge on any atom is 0.272 e. The van der Waals surface area contributed by atoms with Crippen molar-refractivity contribution in [2.45, 2.75) is 19.0 Å². The van der Waals surface area contributed by atoms with Gasteiger partial charge in [-0.3, -0.25) is 4.79 Å². The van der Waals surface area contributed by atoms with Gasteiger partial charge in [-0.25, -0.2) is 18.2 Å². The van der Waals surface area contributed by atoms with Crippen LogP contribution >= 0.6 is 11.6 Å². The van der Waals surface area contributed by atoms with Crippen molar-refractivity contribution in [1.29, 1.82) is 0 Å². The van der Waals surface area contributed by atoms with Crippen LogP contribution in [0.25, 0.3) is 11.3 Å². The Bertz CT molecular complexity index is 1240. The lowest BCUT2D eigenvalue weighted by Gasteiger charge is -2.24. The van der Waals surface area contributed by atoms with E-state index in [1.165, 1.54) is 63.6 Å². The molecule has 0 radical (unpaired) electrons. The predicted molar refractivity (Wildman–Crippen MR) is 128 cm³/mol. The molecule has 2 N–H and O–H groups in total. The van der Waals surface area contributed by atoms with Crippen LogP contribution in [0.5, 0.6) is 17.2 Å². The van der Waals surface area contributed by atoms with Crippen LogP contribution in [-0.2, 0) is 5.60 Å². The Hall–Kier alpha value is -3.50. The number of carbonyl (C=O) groups is 1. The summed E-state index contributed by atoms with van der Waals surface area (Å²) in [5.41, 5.74) is -0.428. The van der Waals surface area contributed by atoms with Crippen LogP contribution in [-0.4, -0.2) is 49.8 Å². The lowest BCUT2D eigenvalue weighted by atomic mass is 9.99. The molecule has 1 aromatic heterocycles. The zero-order valence-electron chi connectivity index (χ0n) is 19.6. The molecule has 0 saturated heterocycles. The average molecular weight is 525 g/mol. The molecule has 7 nitrogen and oxygen atoms in total. The maximum absolute atomic E-state index is 13.6. The quantitative estimate of drug-likeness (QED) is 0.394. The standard InChI is InChI=1S/C25H24ClF3N2O5/c1-25(33,13-30-24(32)15-5-7-18(20(11-15)35-3)36-12-22(28)29)21-9-8-19(34-2)23(31-21)14-4-6-17(27)16(26)10-14/h4-11,22,33H,12-13H2,1-3H3,(H,30,32). The number of amides is 1. The highest BCUT2D eigenvalue weighted by molar-refractivity contribution is 6.31. The number of halogens is 4. The van der Waals surface area contributed by atoms with Crippen molar-refractivity contribution in [1.82, 2.24) is 10.3 Å². The number of carbonyl (C=O) groups excluding carboxylic acids is 1. The van der Waals surface area contributed by atoms with Gasteiger partial charge in [0.25, 0.3) is 12.3 Å². The zero-order valence-corrected chi connectivity index (χ0v) is 20.4. The second-order valence-corrected chi connectivity index (χ2v) is 8.31. The van der Waals surface area contributed by atoms with Crippen molar-refractivity contribution >= 4 is 17.5 Å². The first-order valence-electron chi connectivity index (χ1n) is 10.7. The fourth-order valence-electron chi connectivity index (χ4n) is 3.29. The molecule has 0 aliphatic heterocycles. The highest BCUT2D eigenvalue weighted by Gasteiger charge is 2.27. The summed E-state index contributed by atoms with van der Waals surface area (Å²) in [4.78, 5) is 17.2. The summed E-state index contributed by atoms with van der Waals surface area (Å²) in [5, 5.41) is 13.6. The summed E-state index contributed by atoms with van der Waals surface area (Å²) in [6.45, 7) is 0.428. The van der Waals surface area contributed by atoms with Crippen molar-refractivity contribution in [2.75, 3.05) is 27.4 Å². The summed E-state index contributed by atoms with van der Waals surface area (Å²) < 4.78 is 53.9. The largest absolute Gasteiger partial charge is 0.494 e. The van der Waals surface area contributed by atoms with Crippen molar-refractivity contribution in [3.63, 3.8) is 0 Å². The Morgan fingerprint density at radius 2 is 1.78 bits per heavy atom. The molecule has 0 saturated carbocycles. The van der Waals surface area contributed by atoms with Crippen molar-refractivity contribution in [3.05, 3.63) is 70.6 Å². The number of hydrogen-bond acceptors (Lipinski definition) is 6. The van der Waals surface area contributed by atoms with E-state index in [1.54, 1.807) is 6.07 Å². The van der Waals surface area contributed by atoms with Gasteiger partial charge in [-0.05, 0) is 55.5 Å². The summed E-state index contributed by atoms with van der Waals surface area (Å²) in [5.74, 6) is -0.585. The summed E-state index contributed by atoms with van der Waals surface area (Å²) in [6, 6.07) is 11.3. The molecule has 1 unspecified atom stereocenters. The number of rotatable bonds is 10. The molecule has 11 heteroatoms. The smallest absolute Gasteiger partial charge is 0.272 e. The first-order chi connectivity index (χ1) is 17.1. The van der Waals surface area contributed by atoms with E-state index in [9.17, 15) is 23.1 Å². The minimum atomic E-state index is -2.66. The predicted octanol–water partition coefficient (Wildman–Crippen LogP) is 4.84. The molecule has 36 heavy (non-hydrogen) atoms. The fourth-order valence-corrected chi connectivity index (χ4v) is 3.47. The van der Waals surface area contributed by atoms with Crippen LogP contribution in [0.2, 0.25) is 5.02 Å². The number of methoxy groups -OCH3 is 2. The molecule has 0 aliphatic rings. The third-order valence-corrected chi connectivity index (χ3v) is 5.50. The molecular weight excluding hydrogens is 501 g/mol. The zero-order chi connectivity index (χ0) is 26.5. The Balaban J connectivity index is 1.79. The van der Waals surface area contributed by atoms with Gasteiger partial charge in [0.05, 0.1) is 31.5 Å². The van der Waals surface area contributed by atoms with Gasteiger partial charge in [-0.1, -0.05) is 11.6 Å². The van der Waals surface area contributed by atoms with E-state index < -0.39 is 30.4 Å². The molecular formula is C25H24ClF3N2O5. The Morgan fingerprint density at radius 3 is 2.42 bits per heavy atom. The van der Waals surface area contributed by atoms with Gasteiger partial charge >= 0.3 is 0 Å². The van der Waals surface area contributed by atoms with Gasteiger partial charge in [0.1, 0.15) is 29.5 Å². The van der Waals surface area contributed by atoms with E-state index in [1.807, 2.05) is 0 Å². The number of hydrogen-bond donors (Lipinski definition) is 2. The third kappa shape index (κ3) is 6.38. The number of nitrogens with zero attached hydrogens (tertiary/aromatic N) is 1. The number of alkyl halides is 2. The fraction of sp³-hybridized carbons (Fsp3) is 0.280. The number of pyridine rings is 1. The van der Waals surface area contributed by atoms with E-state index in [0.29, 0.717) is 17.0 Å². The van der Waals surface area contributed by atoms with Gasteiger partial charge < -0.3 is 24.6 Å². The molecule has 192 valence electrons. The van der Waals surface area contributed by atoms with E-state index in [0.717, 1.165) is 0 Å². The van der Waals surface area contributed by atoms with E-state index >= 15 is 0 Å². The monoisotopic (exact) mass is 524 g/mol. The Labute approximate surface area is 210 Å². The van der Waals surface area contributed by atoms with Gasteiger partial charge in [0.15, 0.2) is 11.5 Å². The van der Waals surface area contributed by atoms with Crippen LogP contribution in [0.15, 0.2) is 48.5 Å². The first kappa shape index (κ1) is 27.1. The molecule has 2 aromatic carbocycles. The van der Waals surface area contributed by atoms with Crippen LogP contribution in [0.3, 0.4) is 0 Å². The molecule has 1 heterocycles. The molecule has 0 spiro atoms. The third-order valence-electron chi connectivity index (χ3n) is 5.21. The minimum Gasteiger partial charge on any atom is -0.494 e. The molecule has 1 atom stereocenters. The summed E-state index contributed by atoms with van der Waals surface area (Å²) in [6.07, 6.45) is -2.66. The lowest BCUT2D eigenvalue weighted by molar-refractivity contribution is 0.0489. The normalized spacial score (nSPS) is 12.7. The number of aromatic nitrogens is 1. The Kier molecular flexibility index (Phi) is 8.65. The van der Waals surface area contributed by atoms with E-state index in [4.69, 9.17) is 25.8 Å². The van der Waals surface area contributed by atoms with Gasteiger partial charge in [0, 0.05) is 11.1 Å². The molecule has 3 rings (SSSR count). The molecule has 1 amide bonds. The van der Waals surface area contributed by atoms with E-state index in [-0.39, 0.29) is 34.3 Å². The summed E-state index contributed by atoms with van der Waals surface area (Å²) >= 11 is 5.90. The van der Waals surface area contributed by atoms with Gasteiger partial charge in [-0.15, -0.1) is 0 Å². The van der Waals surface area contributed by atoms with E-state index in [2.05, 4.69) is 10.3 Å². The second-order valence-electron chi connectivity index (χ2n) is 7.90. The number of ether oxygens (including phenoxy) is 3. The highest BCUT2D eigenvalue weighted by atomic mass is 35.5. The van der Waals surface area contributed by atoms with Gasteiger partial charge in [0.2, 0.25) is 0 Å². The highest BCUT2D eigenvalue weighted by Crippen LogP contribution is 2.33. The van der Waals surface area contributed by atoms with Crippen LogP contribution < -0.4 is 19.5 Å². The maximum atomic E-state index is 13.6. The number of aliphatic hydroxyl groups is 1. The van der Waals surface area contributed by atoms with Gasteiger partial charge in [-0.2, -0.15) is 0 Å². The molecule has 3 aromatic rings. The summed E-state index contributed by atoms with van der Waals surface area (Å²) in [7, 11) is 2.76. The van der Waals surface area contributed by atoms with Crippen molar-refractivity contribution < 1.29 is 37.3 Å². The molecule has 0 aliphatic carbocycles. The van der Waals surface area contributed by atoms with Crippen molar-refractivity contribution in [3.8, 4) is 28.5 Å². The van der Waals surface area contributed by atoms with Crippen LogP contribution in [0.1, 0.15) is 23.0 Å². The number of nitrogens with one attached hydrogen (secondary N) is 1. The first-order valence-corrected chi connectivity index (χ1v) is 11.0.